The summed E-state index contributed by atoms with van der Waals surface area (Å²) in [7, 11) is 0. The number of hydrogen-bond acceptors (Lipinski definition) is 6. The molecule has 3 aromatic rings. The number of nitrogens with one attached hydrogen (secondary N) is 3. The number of allylic oxidation sites excluding steroid dienone is 2. The first kappa shape index (κ1) is 30.6. The van der Waals surface area contributed by atoms with E-state index in [0.717, 1.165) is 75.8 Å². The molecular formula is C35H47N7O. The van der Waals surface area contributed by atoms with Crippen LogP contribution in [0.1, 0.15) is 102 Å². The molecule has 8 nitrogen and oxygen atoms in total. The summed E-state index contributed by atoms with van der Waals surface area (Å²) in [4.78, 5) is 20.7. The van der Waals surface area contributed by atoms with Gasteiger partial charge in [0, 0.05) is 36.5 Å². The Kier molecular flexibility index (Phi) is 11.1. The Morgan fingerprint density at radius 2 is 1.65 bits per heavy atom. The molecule has 0 radical (unpaired) electrons. The molecule has 1 amide bonds. The van der Waals surface area contributed by atoms with Gasteiger partial charge in [-0.25, -0.2) is 14.6 Å². The fourth-order valence-corrected chi connectivity index (χ4v) is 6.41. The Morgan fingerprint density at radius 3 is 2.42 bits per heavy atom. The fraction of sp³-hybridized carbons (Fsp3) is 0.514. The molecule has 3 N–H and O–H groups in total. The van der Waals surface area contributed by atoms with E-state index in [4.69, 9.17) is 10.5 Å². The first-order valence-corrected chi connectivity index (χ1v) is 16.3. The molecule has 2 heterocycles. The Bertz CT molecular complexity index is 1440. The van der Waals surface area contributed by atoms with Crippen molar-refractivity contribution in [2.45, 2.75) is 116 Å². The van der Waals surface area contributed by atoms with Gasteiger partial charge in [0.15, 0.2) is 0 Å². The van der Waals surface area contributed by atoms with Gasteiger partial charge < -0.3 is 10.6 Å². The van der Waals surface area contributed by atoms with Crippen LogP contribution in [0, 0.1) is 5.41 Å². The molecule has 5 rings (SSSR count). The van der Waals surface area contributed by atoms with Crippen LogP contribution in [0.25, 0.3) is 11.3 Å². The predicted octanol–water partition coefficient (Wildman–Crippen LogP) is 6.87. The number of fused-ring (bicyclic) bond motifs is 3. The van der Waals surface area contributed by atoms with Gasteiger partial charge in [0.2, 0.25) is 5.91 Å². The largest absolute Gasteiger partial charge is 0.353 e. The summed E-state index contributed by atoms with van der Waals surface area (Å²) in [6, 6.07) is 12.7. The van der Waals surface area contributed by atoms with Gasteiger partial charge in [-0.1, -0.05) is 68.4 Å². The second-order valence-electron chi connectivity index (χ2n) is 12.2. The zero-order chi connectivity index (χ0) is 29.9. The number of rotatable bonds is 14. The lowest BCUT2D eigenvalue weighted by molar-refractivity contribution is -0.122. The van der Waals surface area contributed by atoms with Gasteiger partial charge in [0.1, 0.15) is 17.6 Å². The highest BCUT2D eigenvalue weighted by Gasteiger charge is 2.20. The maximum Gasteiger partial charge on any atom is 0.220 e. The van der Waals surface area contributed by atoms with E-state index in [2.05, 4.69) is 51.8 Å². The molecule has 0 spiro atoms. The van der Waals surface area contributed by atoms with Crippen molar-refractivity contribution in [3.63, 3.8) is 0 Å². The normalized spacial score (nSPS) is 15.8. The van der Waals surface area contributed by atoms with Crippen LogP contribution >= 0.6 is 0 Å². The smallest absolute Gasteiger partial charge is 0.220 e. The van der Waals surface area contributed by atoms with Crippen LogP contribution in [0.4, 0.5) is 5.82 Å². The Morgan fingerprint density at radius 1 is 0.930 bits per heavy atom. The van der Waals surface area contributed by atoms with Crippen LogP contribution in [0.2, 0.25) is 0 Å². The molecule has 2 aliphatic carbocycles. The lowest BCUT2D eigenvalue weighted by atomic mass is 9.89. The summed E-state index contributed by atoms with van der Waals surface area (Å²) in [5.74, 6) is 1.03. The van der Waals surface area contributed by atoms with Gasteiger partial charge in [-0.2, -0.15) is 5.10 Å². The van der Waals surface area contributed by atoms with Gasteiger partial charge in [-0.3, -0.25) is 10.2 Å². The SMILES string of the molecule is CC(Nc1ccncn1)=C1CCC(NC(=O)CCCCCCCCCCn2nc3c(cc2=N)CCc2ccccc2-3)CC1. The minimum Gasteiger partial charge on any atom is -0.353 e. The monoisotopic (exact) mass is 581 g/mol. The van der Waals surface area contributed by atoms with E-state index < -0.39 is 0 Å². The third-order valence-corrected chi connectivity index (χ3v) is 8.96. The molecule has 0 aliphatic heterocycles. The van der Waals surface area contributed by atoms with Crippen molar-refractivity contribution in [3.05, 3.63) is 76.8 Å². The summed E-state index contributed by atoms with van der Waals surface area (Å²) < 4.78 is 1.88. The average molecular weight is 582 g/mol. The summed E-state index contributed by atoms with van der Waals surface area (Å²) in [5, 5.41) is 20.0. The average Bonchev–Trinajstić information content (AvgIpc) is 3.03. The molecule has 228 valence electrons. The van der Waals surface area contributed by atoms with E-state index in [-0.39, 0.29) is 5.91 Å². The number of amides is 1. The molecule has 0 atom stereocenters. The Labute approximate surface area is 256 Å². The summed E-state index contributed by atoms with van der Waals surface area (Å²) in [5.41, 5.74) is 7.98. The zero-order valence-electron chi connectivity index (χ0n) is 25.7. The van der Waals surface area contributed by atoms with Crippen molar-refractivity contribution in [3.8, 4) is 11.3 Å². The molecule has 0 unspecified atom stereocenters. The Balaban J connectivity index is 0.897. The van der Waals surface area contributed by atoms with Gasteiger partial charge in [0.05, 0.1) is 5.69 Å². The molecular weight excluding hydrogens is 534 g/mol. The third kappa shape index (κ3) is 8.85. The predicted molar refractivity (Wildman–Crippen MR) is 171 cm³/mol. The topological polar surface area (TPSA) is 109 Å². The highest BCUT2D eigenvalue weighted by atomic mass is 16.1. The maximum atomic E-state index is 12.5. The van der Waals surface area contributed by atoms with E-state index in [1.54, 1.807) is 12.5 Å². The van der Waals surface area contributed by atoms with Crippen LogP contribution < -0.4 is 16.1 Å². The van der Waals surface area contributed by atoms with Gasteiger partial charge in [0.25, 0.3) is 0 Å². The molecule has 43 heavy (non-hydrogen) atoms. The van der Waals surface area contributed by atoms with Crippen molar-refractivity contribution in [1.82, 2.24) is 25.1 Å². The first-order chi connectivity index (χ1) is 21.1. The van der Waals surface area contributed by atoms with Crippen molar-refractivity contribution >= 4 is 11.7 Å². The van der Waals surface area contributed by atoms with Crippen molar-refractivity contribution < 1.29 is 4.79 Å². The number of carbonyl (C=O) groups excluding carboxylic acids is 1. The van der Waals surface area contributed by atoms with E-state index in [1.165, 1.54) is 60.1 Å². The number of unbranched alkanes of at least 4 members (excludes halogenated alkanes) is 7. The van der Waals surface area contributed by atoms with Gasteiger partial charge in [-0.15, -0.1) is 0 Å². The molecule has 1 saturated carbocycles. The summed E-state index contributed by atoms with van der Waals surface area (Å²) in [6.45, 7) is 2.91. The van der Waals surface area contributed by atoms with Crippen LogP contribution in [0.5, 0.6) is 0 Å². The molecule has 2 aliphatic rings. The second-order valence-corrected chi connectivity index (χ2v) is 12.2. The van der Waals surface area contributed by atoms with Crippen molar-refractivity contribution in [2.24, 2.45) is 0 Å². The van der Waals surface area contributed by atoms with E-state index in [9.17, 15) is 4.79 Å². The van der Waals surface area contributed by atoms with E-state index >= 15 is 0 Å². The minimum absolute atomic E-state index is 0.207. The van der Waals surface area contributed by atoms with Gasteiger partial charge >= 0.3 is 0 Å². The molecule has 2 aromatic heterocycles. The fourth-order valence-electron chi connectivity index (χ4n) is 6.41. The zero-order valence-corrected chi connectivity index (χ0v) is 25.7. The van der Waals surface area contributed by atoms with E-state index in [1.807, 2.05) is 16.8 Å². The third-order valence-electron chi connectivity index (χ3n) is 8.96. The molecule has 0 bridgehead atoms. The lowest BCUT2D eigenvalue weighted by Crippen LogP contribution is -2.36. The Hall–Kier alpha value is -3.81. The number of anilines is 1. The number of hydrogen-bond donors (Lipinski definition) is 3. The minimum atomic E-state index is 0.207. The molecule has 8 heteroatoms. The summed E-state index contributed by atoms with van der Waals surface area (Å²) in [6.07, 6.45) is 19.2. The second kappa shape index (κ2) is 15.6. The standard InChI is InChI=1S/C35H47N7O/c1-26(39-33-21-22-37-25-38-33)27-17-19-30(20-18-27)40-34(43)14-8-6-4-2-3-5-7-11-23-42-32(36)24-29-16-15-28-12-9-10-13-31(28)35(29)41-42/h9-10,12-13,21-22,24-25,30,36H,2-8,11,14-20,23H2,1H3,(H,40,43)(H,37,38,39). The quantitative estimate of drug-likeness (QED) is 0.180. The van der Waals surface area contributed by atoms with E-state index in [0.29, 0.717) is 18.0 Å². The molecule has 1 fully saturated rings. The number of aryl methyl sites for hydroxylation is 3. The number of benzene rings is 1. The number of nitrogens with zero attached hydrogens (tertiary/aromatic N) is 4. The molecule has 1 aromatic carbocycles. The highest BCUT2D eigenvalue weighted by Crippen LogP contribution is 2.30. The maximum absolute atomic E-state index is 12.5. The van der Waals surface area contributed by atoms with Crippen LogP contribution in [-0.4, -0.2) is 31.7 Å². The lowest BCUT2D eigenvalue weighted by Gasteiger charge is -2.26. The van der Waals surface area contributed by atoms with Crippen LogP contribution in [0.15, 0.2) is 60.2 Å². The van der Waals surface area contributed by atoms with Crippen molar-refractivity contribution in [2.75, 3.05) is 5.32 Å². The van der Waals surface area contributed by atoms with Crippen molar-refractivity contribution in [1.29, 1.82) is 5.41 Å². The number of carbonyl (C=O) groups is 1. The van der Waals surface area contributed by atoms with Crippen LogP contribution in [-0.2, 0) is 24.2 Å². The van der Waals surface area contributed by atoms with Crippen LogP contribution in [0.3, 0.4) is 0 Å². The highest BCUT2D eigenvalue weighted by molar-refractivity contribution is 5.76. The number of aromatic nitrogens is 4. The molecule has 0 saturated heterocycles. The van der Waals surface area contributed by atoms with Gasteiger partial charge in [-0.05, 0) is 81.5 Å². The summed E-state index contributed by atoms with van der Waals surface area (Å²) >= 11 is 0. The first-order valence-electron chi connectivity index (χ1n) is 16.3.